The zero-order valence-corrected chi connectivity index (χ0v) is 18.8. The van der Waals surface area contributed by atoms with E-state index in [1.165, 1.54) is 6.08 Å². The molecule has 2 N–H and O–H groups in total. The average Bonchev–Trinajstić information content (AvgIpc) is 3.55. The lowest BCUT2D eigenvalue weighted by atomic mass is 10.1. The van der Waals surface area contributed by atoms with Gasteiger partial charge in [0.15, 0.2) is 23.0 Å². The van der Waals surface area contributed by atoms with Crippen molar-refractivity contribution in [1.82, 2.24) is 5.32 Å². The zero-order valence-electron chi connectivity index (χ0n) is 18.8. The Kier molecular flexibility index (Phi) is 6.13. The van der Waals surface area contributed by atoms with Gasteiger partial charge in [0, 0.05) is 17.8 Å². The van der Waals surface area contributed by atoms with Gasteiger partial charge in [-0.15, -0.1) is 0 Å². The number of rotatable bonds is 7. The number of nitrogens with one attached hydrogen (secondary N) is 2. The van der Waals surface area contributed by atoms with E-state index < -0.39 is 17.9 Å². The molecule has 9 nitrogen and oxygen atoms in total. The standard InChI is InChI=1S/C26H22N2O7/c1-31-19-7-4-17(5-8-19)25(26(30)27-18-6-10-21-23(13-18)35-15-33-21)28-24(29)11-3-16-2-9-20-22(12-16)34-14-32-20/h2-13,25H,14-15H2,1H3,(H,27,30)(H,28,29)/b11-3+. The minimum absolute atomic E-state index is 0.132. The summed E-state index contributed by atoms with van der Waals surface area (Å²) in [5, 5.41) is 5.61. The molecule has 0 radical (unpaired) electrons. The predicted molar refractivity (Wildman–Crippen MR) is 127 cm³/mol. The molecule has 0 aliphatic carbocycles. The van der Waals surface area contributed by atoms with Crippen LogP contribution in [-0.2, 0) is 9.59 Å². The Morgan fingerprint density at radius 3 is 2.23 bits per heavy atom. The first-order valence-corrected chi connectivity index (χ1v) is 10.8. The normalized spacial score (nSPS) is 14.0. The van der Waals surface area contributed by atoms with Crippen molar-refractivity contribution in [3.05, 3.63) is 77.9 Å². The number of ether oxygens (including phenoxy) is 5. The summed E-state index contributed by atoms with van der Waals surface area (Å²) in [6.45, 7) is 0.304. The van der Waals surface area contributed by atoms with Crippen LogP contribution in [0.2, 0.25) is 0 Å². The molecule has 2 heterocycles. The second kappa shape index (κ2) is 9.68. The molecule has 0 bridgehead atoms. The van der Waals surface area contributed by atoms with Gasteiger partial charge in [-0.3, -0.25) is 9.59 Å². The van der Waals surface area contributed by atoms with E-state index in [1.54, 1.807) is 67.8 Å². The summed E-state index contributed by atoms with van der Waals surface area (Å²) in [6.07, 6.45) is 3.00. The molecule has 3 aromatic carbocycles. The molecule has 3 aromatic rings. The Balaban J connectivity index is 1.33. The molecule has 0 saturated carbocycles. The van der Waals surface area contributed by atoms with Gasteiger partial charge < -0.3 is 34.3 Å². The number of benzene rings is 3. The van der Waals surface area contributed by atoms with Crippen LogP contribution in [-0.4, -0.2) is 32.5 Å². The maximum Gasteiger partial charge on any atom is 0.251 e. The highest BCUT2D eigenvalue weighted by atomic mass is 16.7. The van der Waals surface area contributed by atoms with E-state index in [1.807, 2.05) is 6.07 Å². The molecule has 5 rings (SSSR count). The fraction of sp³-hybridized carbons (Fsp3) is 0.154. The van der Waals surface area contributed by atoms with Crippen LogP contribution in [0, 0.1) is 0 Å². The summed E-state index contributed by atoms with van der Waals surface area (Å²) in [6, 6.07) is 16.4. The molecule has 0 spiro atoms. The monoisotopic (exact) mass is 474 g/mol. The van der Waals surface area contributed by atoms with Gasteiger partial charge in [0.05, 0.1) is 7.11 Å². The van der Waals surface area contributed by atoms with Crippen LogP contribution in [0.25, 0.3) is 6.08 Å². The first-order chi connectivity index (χ1) is 17.1. The van der Waals surface area contributed by atoms with Gasteiger partial charge in [-0.25, -0.2) is 0 Å². The lowest BCUT2D eigenvalue weighted by Gasteiger charge is -2.18. The summed E-state index contributed by atoms with van der Waals surface area (Å²) in [5.74, 6) is 2.20. The molecule has 2 aliphatic heterocycles. The minimum atomic E-state index is -0.958. The Bertz CT molecular complexity index is 1290. The number of fused-ring (bicyclic) bond motifs is 2. The highest BCUT2D eigenvalue weighted by molar-refractivity contribution is 6.00. The van der Waals surface area contributed by atoms with E-state index in [2.05, 4.69) is 10.6 Å². The van der Waals surface area contributed by atoms with E-state index in [9.17, 15) is 9.59 Å². The second-order valence-corrected chi connectivity index (χ2v) is 7.72. The van der Waals surface area contributed by atoms with Gasteiger partial charge in [-0.05, 0) is 53.6 Å². The number of anilines is 1. The summed E-state index contributed by atoms with van der Waals surface area (Å²) < 4.78 is 26.6. The summed E-state index contributed by atoms with van der Waals surface area (Å²) in [4.78, 5) is 26.0. The minimum Gasteiger partial charge on any atom is -0.497 e. The molecular weight excluding hydrogens is 452 g/mol. The van der Waals surface area contributed by atoms with E-state index in [0.717, 1.165) is 5.56 Å². The van der Waals surface area contributed by atoms with Crippen LogP contribution in [0.4, 0.5) is 5.69 Å². The number of hydrogen-bond donors (Lipinski definition) is 2. The Hall–Kier alpha value is -4.66. The number of hydrogen-bond acceptors (Lipinski definition) is 7. The third-order valence-electron chi connectivity index (χ3n) is 5.46. The largest absolute Gasteiger partial charge is 0.497 e. The first kappa shape index (κ1) is 22.1. The molecule has 0 saturated heterocycles. The van der Waals surface area contributed by atoms with Gasteiger partial charge in [-0.2, -0.15) is 0 Å². The molecule has 1 unspecified atom stereocenters. The van der Waals surface area contributed by atoms with Gasteiger partial charge in [0.2, 0.25) is 19.5 Å². The molecular formula is C26H22N2O7. The van der Waals surface area contributed by atoms with E-state index >= 15 is 0 Å². The van der Waals surface area contributed by atoms with Crippen LogP contribution in [0.3, 0.4) is 0 Å². The molecule has 178 valence electrons. The molecule has 2 amide bonds. The lowest BCUT2D eigenvalue weighted by Crippen LogP contribution is -2.36. The van der Waals surface area contributed by atoms with Crippen molar-refractivity contribution in [3.63, 3.8) is 0 Å². The van der Waals surface area contributed by atoms with Gasteiger partial charge in [-0.1, -0.05) is 18.2 Å². The first-order valence-electron chi connectivity index (χ1n) is 10.8. The van der Waals surface area contributed by atoms with Crippen molar-refractivity contribution < 1.29 is 33.3 Å². The van der Waals surface area contributed by atoms with Crippen molar-refractivity contribution in [3.8, 4) is 28.7 Å². The topological polar surface area (TPSA) is 104 Å². The molecule has 1 atom stereocenters. The maximum atomic E-state index is 13.2. The van der Waals surface area contributed by atoms with E-state index in [0.29, 0.717) is 40.0 Å². The molecule has 0 fully saturated rings. The van der Waals surface area contributed by atoms with Crippen molar-refractivity contribution in [2.45, 2.75) is 6.04 Å². The molecule has 9 heteroatoms. The maximum absolute atomic E-state index is 13.2. The summed E-state index contributed by atoms with van der Waals surface area (Å²) >= 11 is 0. The summed E-state index contributed by atoms with van der Waals surface area (Å²) in [5.41, 5.74) is 1.87. The molecule has 0 aromatic heterocycles. The van der Waals surface area contributed by atoms with Crippen molar-refractivity contribution in [1.29, 1.82) is 0 Å². The average molecular weight is 474 g/mol. The summed E-state index contributed by atoms with van der Waals surface area (Å²) in [7, 11) is 1.56. The lowest BCUT2D eigenvalue weighted by molar-refractivity contribution is -0.123. The predicted octanol–water partition coefficient (Wildman–Crippen LogP) is 3.66. The Morgan fingerprint density at radius 2 is 1.51 bits per heavy atom. The van der Waals surface area contributed by atoms with Crippen LogP contribution in [0.5, 0.6) is 28.7 Å². The van der Waals surface area contributed by atoms with Gasteiger partial charge in [0.25, 0.3) is 5.91 Å². The van der Waals surface area contributed by atoms with Crippen LogP contribution >= 0.6 is 0 Å². The van der Waals surface area contributed by atoms with Crippen molar-refractivity contribution >= 4 is 23.6 Å². The van der Waals surface area contributed by atoms with Crippen molar-refractivity contribution in [2.24, 2.45) is 0 Å². The molecule has 35 heavy (non-hydrogen) atoms. The third kappa shape index (κ3) is 4.98. The number of methoxy groups -OCH3 is 1. The SMILES string of the molecule is COc1ccc(C(NC(=O)/C=C/c2ccc3c(c2)OCO3)C(=O)Nc2ccc3c(c2)OCO3)cc1. The van der Waals surface area contributed by atoms with Crippen LogP contribution < -0.4 is 34.3 Å². The van der Waals surface area contributed by atoms with Crippen molar-refractivity contribution in [2.75, 3.05) is 26.0 Å². The number of amides is 2. The number of carbonyl (C=O) groups is 2. The Labute approximate surface area is 201 Å². The highest BCUT2D eigenvalue weighted by Crippen LogP contribution is 2.35. The Morgan fingerprint density at radius 1 is 0.857 bits per heavy atom. The quantitative estimate of drug-likeness (QED) is 0.504. The van der Waals surface area contributed by atoms with Gasteiger partial charge >= 0.3 is 0 Å². The fourth-order valence-electron chi connectivity index (χ4n) is 3.66. The third-order valence-corrected chi connectivity index (χ3v) is 5.46. The van der Waals surface area contributed by atoms with Gasteiger partial charge in [0.1, 0.15) is 11.8 Å². The van der Waals surface area contributed by atoms with Crippen LogP contribution in [0.1, 0.15) is 17.2 Å². The second-order valence-electron chi connectivity index (χ2n) is 7.72. The fourth-order valence-corrected chi connectivity index (χ4v) is 3.66. The molecule has 2 aliphatic rings. The van der Waals surface area contributed by atoms with Crippen LogP contribution in [0.15, 0.2) is 66.7 Å². The number of carbonyl (C=O) groups excluding carboxylic acids is 2. The smallest absolute Gasteiger partial charge is 0.251 e. The highest BCUT2D eigenvalue weighted by Gasteiger charge is 2.23. The zero-order chi connectivity index (χ0) is 24.2. The van der Waals surface area contributed by atoms with E-state index in [-0.39, 0.29) is 13.6 Å². The van der Waals surface area contributed by atoms with E-state index in [4.69, 9.17) is 23.7 Å².